The van der Waals surface area contributed by atoms with E-state index in [4.69, 9.17) is 4.74 Å². The number of esters is 1. The molecule has 1 atom stereocenters. The topological polar surface area (TPSA) is 66.9 Å². The second kappa shape index (κ2) is 7.89. The number of nitrogens with zero attached hydrogens (tertiary/aromatic N) is 2. The molecule has 0 spiro atoms. The van der Waals surface area contributed by atoms with Crippen LogP contribution in [0.25, 0.3) is 0 Å². The molecule has 0 unspecified atom stereocenters. The van der Waals surface area contributed by atoms with Crippen molar-refractivity contribution in [2.45, 2.75) is 55.4 Å². The van der Waals surface area contributed by atoms with Crippen molar-refractivity contribution in [2.24, 2.45) is 0 Å². The van der Waals surface area contributed by atoms with E-state index in [1.807, 2.05) is 17.0 Å². The second-order valence-electron chi connectivity index (χ2n) is 7.82. The van der Waals surface area contributed by atoms with Crippen LogP contribution in [0.1, 0.15) is 50.0 Å². The van der Waals surface area contributed by atoms with Crippen LogP contribution in [-0.4, -0.2) is 62.4 Å². The number of piperazine rings is 1. The molecular weight excluding hydrogens is 364 g/mol. The van der Waals surface area contributed by atoms with E-state index in [9.17, 15) is 13.2 Å². The molecule has 2 heterocycles. The van der Waals surface area contributed by atoms with E-state index < -0.39 is 10.0 Å². The average molecular weight is 393 g/mol. The quantitative estimate of drug-likeness (QED) is 0.736. The number of carbonyl (C=O) groups excluding carboxylic acids is 1. The maximum atomic E-state index is 13.0. The first-order valence-electron chi connectivity index (χ1n) is 10.1. The van der Waals surface area contributed by atoms with Gasteiger partial charge in [0.25, 0.3) is 0 Å². The number of rotatable bonds is 4. The van der Waals surface area contributed by atoms with E-state index in [2.05, 4.69) is 0 Å². The molecule has 3 fully saturated rings. The molecule has 1 aliphatic carbocycles. The summed E-state index contributed by atoms with van der Waals surface area (Å²) >= 11 is 0. The number of cyclic esters (lactones) is 1. The highest BCUT2D eigenvalue weighted by atomic mass is 32.2. The summed E-state index contributed by atoms with van der Waals surface area (Å²) in [5.41, 5.74) is 1.26. The Morgan fingerprint density at radius 2 is 1.56 bits per heavy atom. The van der Waals surface area contributed by atoms with Crippen LogP contribution in [0.15, 0.2) is 29.2 Å². The summed E-state index contributed by atoms with van der Waals surface area (Å²) in [5, 5.41) is 0. The molecule has 0 radical (unpaired) electrons. The minimum absolute atomic E-state index is 0.176. The first-order valence-corrected chi connectivity index (χ1v) is 11.5. The summed E-state index contributed by atoms with van der Waals surface area (Å²) in [7, 11) is -3.48. The van der Waals surface area contributed by atoms with Crippen molar-refractivity contribution >= 4 is 16.0 Å². The lowest BCUT2D eigenvalue weighted by Gasteiger charge is -2.35. The molecule has 0 amide bonds. The maximum Gasteiger partial charge on any atom is 0.323 e. The SMILES string of the molecule is O=C1OCC[C@@H]1N1CCN(S(=O)(=O)c2ccc(C3CCCCC3)cc2)CC1. The van der Waals surface area contributed by atoms with Crippen molar-refractivity contribution in [3.05, 3.63) is 29.8 Å². The number of hydrogen-bond acceptors (Lipinski definition) is 5. The molecule has 4 rings (SSSR count). The third kappa shape index (κ3) is 3.91. The Morgan fingerprint density at radius 3 is 2.15 bits per heavy atom. The molecule has 6 nitrogen and oxygen atoms in total. The van der Waals surface area contributed by atoms with Crippen LogP contribution in [-0.2, 0) is 19.6 Å². The van der Waals surface area contributed by atoms with Gasteiger partial charge < -0.3 is 4.74 Å². The third-order valence-corrected chi connectivity index (χ3v) is 8.13. The largest absolute Gasteiger partial charge is 0.464 e. The Bertz CT molecular complexity index is 764. The third-order valence-electron chi connectivity index (χ3n) is 6.22. The first-order chi connectivity index (χ1) is 13.1. The van der Waals surface area contributed by atoms with Crippen LogP contribution in [0.3, 0.4) is 0 Å². The van der Waals surface area contributed by atoms with Crippen molar-refractivity contribution < 1.29 is 17.9 Å². The van der Waals surface area contributed by atoms with Gasteiger partial charge in [0.2, 0.25) is 10.0 Å². The molecule has 3 aliphatic rings. The Labute approximate surface area is 161 Å². The van der Waals surface area contributed by atoms with E-state index in [-0.39, 0.29) is 12.0 Å². The van der Waals surface area contributed by atoms with Crippen LogP contribution < -0.4 is 0 Å². The van der Waals surface area contributed by atoms with Crippen LogP contribution in [0.5, 0.6) is 0 Å². The van der Waals surface area contributed by atoms with Crippen LogP contribution in [0, 0.1) is 0 Å². The Balaban J connectivity index is 1.40. The molecule has 0 N–H and O–H groups in total. The normalized spacial score (nSPS) is 26.2. The van der Waals surface area contributed by atoms with Gasteiger partial charge in [-0.1, -0.05) is 31.4 Å². The molecule has 1 saturated carbocycles. The van der Waals surface area contributed by atoms with Crippen LogP contribution in [0.4, 0.5) is 0 Å². The van der Waals surface area contributed by atoms with Crippen molar-refractivity contribution in [2.75, 3.05) is 32.8 Å². The number of carbonyl (C=O) groups is 1. The average Bonchev–Trinajstić information content (AvgIpc) is 3.15. The number of benzene rings is 1. The zero-order valence-corrected chi connectivity index (χ0v) is 16.5. The van der Waals surface area contributed by atoms with E-state index in [1.165, 1.54) is 37.7 Å². The van der Waals surface area contributed by atoms with Gasteiger partial charge in [0.15, 0.2) is 0 Å². The van der Waals surface area contributed by atoms with Gasteiger partial charge in [0.1, 0.15) is 6.04 Å². The summed E-state index contributed by atoms with van der Waals surface area (Å²) in [6.07, 6.45) is 6.96. The minimum Gasteiger partial charge on any atom is -0.464 e. The monoisotopic (exact) mass is 392 g/mol. The van der Waals surface area contributed by atoms with Gasteiger partial charge in [0.05, 0.1) is 11.5 Å². The zero-order valence-electron chi connectivity index (χ0n) is 15.7. The van der Waals surface area contributed by atoms with Gasteiger partial charge >= 0.3 is 5.97 Å². The highest BCUT2D eigenvalue weighted by Gasteiger charge is 2.36. The van der Waals surface area contributed by atoms with Crippen LogP contribution in [0.2, 0.25) is 0 Å². The standard InChI is InChI=1S/C20H28N2O4S/c23-20-19(10-15-26-20)21-11-13-22(14-12-21)27(24,25)18-8-6-17(7-9-18)16-4-2-1-3-5-16/h6-9,16,19H,1-5,10-15H2/t19-/m0/s1. The summed E-state index contributed by atoms with van der Waals surface area (Å²) in [4.78, 5) is 14.2. The highest BCUT2D eigenvalue weighted by molar-refractivity contribution is 7.89. The fraction of sp³-hybridized carbons (Fsp3) is 0.650. The summed E-state index contributed by atoms with van der Waals surface area (Å²) in [6, 6.07) is 7.31. The zero-order chi connectivity index (χ0) is 18.9. The first kappa shape index (κ1) is 18.9. The molecule has 27 heavy (non-hydrogen) atoms. The Kier molecular flexibility index (Phi) is 5.53. The molecule has 2 aliphatic heterocycles. The van der Waals surface area contributed by atoms with E-state index in [0.29, 0.717) is 50.0 Å². The number of ether oxygens (including phenoxy) is 1. The summed E-state index contributed by atoms with van der Waals surface area (Å²) < 4.78 is 32.5. The molecule has 7 heteroatoms. The van der Waals surface area contributed by atoms with Crippen molar-refractivity contribution in [3.8, 4) is 0 Å². The summed E-state index contributed by atoms with van der Waals surface area (Å²) in [6.45, 7) is 2.43. The number of sulfonamides is 1. The van der Waals surface area contributed by atoms with Crippen molar-refractivity contribution in [3.63, 3.8) is 0 Å². The fourth-order valence-corrected chi connectivity index (χ4v) is 5.99. The molecule has 0 aromatic heterocycles. The lowest BCUT2D eigenvalue weighted by Crippen LogP contribution is -2.52. The summed E-state index contributed by atoms with van der Waals surface area (Å²) in [5.74, 6) is 0.398. The maximum absolute atomic E-state index is 13.0. The molecule has 2 saturated heterocycles. The van der Waals surface area contributed by atoms with Gasteiger partial charge in [-0.3, -0.25) is 9.69 Å². The highest BCUT2D eigenvalue weighted by Crippen LogP contribution is 2.33. The smallest absolute Gasteiger partial charge is 0.323 e. The Morgan fingerprint density at radius 1 is 0.889 bits per heavy atom. The van der Waals surface area contributed by atoms with Gasteiger partial charge in [-0.05, 0) is 36.5 Å². The lowest BCUT2D eigenvalue weighted by atomic mass is 9.84. The molecular formula is C20H28N2O4S. The van der Waals surface area contributed by atoms with Gasteiger partial charge in [0, 0.05) is 32.6 Å². The molecule has 1 aromatic carbocycles. The van der Waals surface area contributed by atoms with E-state index in [1.54, 1.807) is 16.4 Å². The van der Waals surface area contributed by atoms with Gasteiger partial charge in [-0.2, -0.15) is 4.31 Å². The van der Waals surface area contributed by atoms with E-state index >= 15 is 0 Å². The van der Waals surface area contributed by atoms with Crippen molar-refractivity contribution in [1.29, 1.82) is 0 Å². The van der Waals surface area contributed by atoms with Crippen LogP contribution >= 0.6 is 0 Å². The lowest BCUT2D eigenvalue weighted by molar-refractivity contribution is -0.142. The van der Waals surface area contributed by atoms with Gasteiger partial charge in [-0.15, -0.1) is 0 Å². The fourth-order valence-electron chi connectivity index (χ4n) is 4.57. The Hall–Kier alpha value is -1.44. The van der Waals surface area contributed by atoms with Crippen molar-refractivity contribution in [1.82, 2.24) is 9.21 Å². The minimum atomic E-state index is -3.48. The predicted molar refractivity (Wildman–Crippen MR) is 102 cm³/mol. The molecule has 0 bridgehead atoms. The molecule has 1 aromatic rings. The molecule has 148 valence electrons. The van der Waals surface area contributed by atoms with E-state index in [0.717, 1.165) is 0 Å². The van der Waals surface area contributed by atoms with Gasteiger partial charge in [-0.25, -0.2) is 8.42 Å². The second-order valence-corrected chi connectivity index (χ2v) is 9.75. The predicted octanol–water partition coefficient (Wildman–Crippen LogP) is 2.36. The number of hydrogen-bond donors (Lipinski definition) is 0.